The summed E-state index contributed by atoms with van der Waals surface area (Å²) in [4.78, 5) is 3.50. The first-order valence-corrected chi connectivity index (χ1v) is 5.22. The summed E-state index contributed by atoms with van der Waals surface area (Å²) in [6.07, 6.45) is 0. The van der Waals surface area contributed by atoms with Crippen LogP contribution in [0.2, 0.25) is 5.02 Å². The Hall–Kier alpha value is -1.68. The van der Waals surface area contributed by atoms with Crippen molar-refractivity contribution in [1.82, 2.24) is 4.98 Å². The zero-order valence-electron chi connectivity index (χ0n) is 8.66. The van der Waals surface area contributed by atoms with Crippen molar-refractivity contribution in [2.45, 2.75) is 6.61 Å². The molecule has 1 aromatic heterocycles. The monoisotopic (exact) mass is 255 g/mol. The topological polar surface area (TPSA) is 22.1 Å². The molecule has 0 bridgehead atoms. The average Bonchev–Trinajstić information content (AvgIpc) is 2.28. The van der Waals surface area contributed by atoms with Crippen LogP contribution in [0.4, 0.5) is 8.78 Å². The molecule has 0 unspecified atom stereocenters. The number of ether oxygens (including phenoxy) is 1. The molecule has 0 aliphatic rings. The molecule has 2 rings (SSSR count). The quantitative estimate of drug-likeness (QED) is 0.782. The van der Waals surface area contributed by atoms with E-state index in [0.717, 1.165) is 0 Å². The van der Waals surface area contributed by atoms with Crippen molar-refractivity contribution in [3.8, 4) is 5.88 Å². The number of pyridine rings is 1. The van der Waals surface area contributed by atoms with Crippen molar-refractivity contribution in [2.75, 3.05) is 0 Å². The van der Waals surface area contributed by atoms with Crippen LogP contribution in [0.1, 0.15) is 5.56 Å². The van der Waals surface area contributed by atoms with Gasteiger partial charge in [-0.1, -0.05) is 23.7 Å². The molecule has 0 saturated heterocycles. The summed E-state index contributed by atoms with van der Waals surface area (Å²) in [5.74, 6) is -0.993. The summed E-state index contributed by atoms with van der Waals surface area (Å²) in [6, 6.07) is 8.43. The maximum atomic E-state index is 13.4. The second-order valence-corrected chi connectivity index (χ2v) is 3.76. The molecule has 17 heavy (non-hydrogen) atoms. The van der Waals surface area contributed by atoms with E-state index in [0.29, 0.717) is 10.6 Å². The van der Waals surface area contributed by atoms with Crippen LogP contribution in [-0.2, 0) is 6.61 Å². The highest BCUT2D eigenvalue weighted by atomic mass is 35.5. The Morgan fingerprint density at radius 2 is 2.00 bits per heavy atom. The van der Waals surface area contributed by atoms with Crippen molar-refractivity contribution in [1.29, 1.82) is 0 Å². The van der Waals surface area contributed by atoms with Gasteiger partial charge in [-0.3, -0.25) is 0 Å². The molecule has 0 atom stereocenters. The first kappa shape index (κ1) is 11.8. The molecule has 5 heteroatoms. The molecule has 0 amide bonds. The molecule has 0 N–H and O–H groups in total. The summed E-state index contributed by atoms with van der Waals surface area (Å²) in [5, 5.41) is 0.315. The van der Waals surface area contributed by atoms with Gasteiger partial charge < -0.3 is 4.74 Å². The highest BCUT2D eigenvalue weighted by Gasteiger charge is 2.04. The fraction of sp³-hybridized carbons (Fsp3) is 0.0833. The van der Waals surface area contributed by atoms with Crippen molar-refractivity contribution in [3.05, 3.63) is 58.7 Å². The van der Waals surface area contributed by atoms with E-state index in [-0.39, 0.29) is 12.5 Å². The summed E-state index contributed by atoms with van der Waals surface area (Å²) in [6.45, 7) is -0.0283. The van der Waals surface area contributed by atoms with Gasteiger partial charge in [0.25, 0.3) is 0 Å². The fourth-order valence-corrected chi connectivity index (χ4v) is 1.42. The molecule has 0 spiro atoms. The van der Waals surface area contributed by atoms with Gasteiger partial charge in [0.05, 0.1) is 0 Å². The molecule has 88 valence electrons. The van der Waals surface area contributed by atoms with Gasteiger partial charge in [0, 0.05) is 16.7 Å². The van der Waals surface area contributed by atoms with E-state index in [4.69, 9.17) is 16.3 Å². The third kappa shape index (κ3) is 3.14. The minimum absolute atomic E-state index is 0.0283. The summed E-state index contributed by atoms with van der Waals surface area (Å²) >= 11 is 5.61. The maximum Gasteiger partial charge on any atom is 0.216 e. The van der Waals surface area contributed by atoms with Gasteiger partial charge in [0.2, 0.25) is 11.8 Å². The normalized spacial score (nSPS) is 10.3. The molecule has 0 fully saturated rings. The lowest BCUT2D eigenvalue weighted by molar-refractivity contribution is 0.283. The van der Waals surface area contributed by atoms with Gasteiger partial charge >= 0.3 is 0 Å². The van der Waals surface area contributed by atoms with E-state index in [1.54, 1.807) is 6.07 Å². The molecular formula is C12H8ClF2NO. The number of hydrogen-bond acceptors (Lipinski definition) is 2. The molecule has 0 radical (unpaired) electrons. The largest absolute Gasteiger partial charge is 0.473 e. The van der Waals surface area contributed by atoms with Crippen LogP contribution in [0.15, 0.2) is 36.4 Å². The smallest absolute Gasteiger partial charge is 0.216 e. The lowest BCUT2D eigenvalue weighted by Gasteiger charge is -2.06. The van der Waals surface area contributed by atoms with Crippen LogP contribution in [0.5, 0.6) is 5.88 Å². The Balaban J connectivity index is 2.07. The second kappa shape index (κ2) is 5.10. The van der Waals surface area contributed by atoms with Crippen LogP contribution >= 0.6 is 11.6 Å². The Bertz CT molecular complexity index is 534. The predicted molar refractivity (Wildman–Crippen MR) is 59.9 cm³/mol. The standard InChI is InChI=1S/C12H8ClF2NO/c13-9-5-4-8(10(14)6-9)7-17-12-3-1-2-11(15)16-12/h1-6H,7H2. The van der Waals surface area contributed by atoms with E-state index < -0.39 is 11.8 Å². The van der Waals surface area contributed by atoms with E-state index >= 15 is 0 Å². The van der Waals surface area contributed by atoms with Gasteiger partial charge in [-0.05, 0) is 18.2 Å². The van der Waals surface area contributed by atoms with Gasteiger partial charge in [-0.2, -0.15) is 9.37 Å². The van der Waals surface area contributed by atoms with Crippen molar-refractivity contribution in [3.63, 3.8) is 0 Å². The first-order chi connectivity index (χ1) is 8.15. The van der Waals surface area contributed by atoms with E-state index in [2.05, 4.69) is 4.98 Å². The molecule has 1 aromatic carbocycles. The zero-order valence-corrected chi connectivity index (χ0v) is 9.42. The highest BCUT2D eigenvalue weighted by Crippen LogP contribution is 2.16. The number of benzene rings is 1. The third-order valence-electron chi connectivity index (χ3n) is 2.08. The molecule has 0 aliphatic heterocycles. The lowest BCUT2D eigenvalue weighted by atomic mass is 10.2. The summed E-state index contributed by atoms with van der Waals surface area (Å²) in [7, 11) is 0. The van der Waals surface area contributed by atoms with E-state index in [9.17, 15) is 8.78 Å². The molecule has 1 heterocycles. The van der Waals surface area contributed by atoms with Crippen LogP contribution < -0.4 is 4.74 Å². The van der Waals surface area contributed by atoms with Gasteiger partial charge in [0.1, 0.15) is 12.4 Å². The van der Waals surface area contributed by atoms with Crippen LogP contribution in [0, 0.1) is 11.8 Å². The number of nitrogens with zero attached hydrogens (tertiary/aromatic N) is 1. The number of aromatic nitrogens is 1. The maximum absolute atomic E-state index is 13.4. The Labute approximate surface area is 102 Å². The Morgan fingerprint density at radius 3 is 2.71 bits per heavy atom. The average molecular weight is 256 g/mol. The number of rotatable bonds is 3. The molecule has 0 aliphatic carbocycles. The van der Waals surface area contributed by atoms with Gasteiger partial charge in [-0.25, -0.2) is 4.39 Å². The first-order valence-electron chi connectivity index (χ1n) is 4.84. The fourth-order valence-electron chi connectivity index (χ4n) is 1.26. The van der Waals surface area contributed by atoms with Crippen LogP contribution in [-0.4, -0.2) is 4.98 Å². The Morgan fingerprint density at radius 1 is 1.18 bits per heavy atom. The Kier molecular flexibility index (Phi) is 3.54. The molecule has 2 aromatic rings. The zero-order chi connectivity index (χ0) is 12.3. The van der Waals surface area contributed by atoms with Crippen molar-refractivity contribution >= 4 is 11.6 Å². The predicted octanol–water partition coefficient (Wildman–Crippen LogP) is 3.59. The molecule has 2 nitrogen and oxygen atoms in total. The van der Waals surface area contributed by atoms with Crippen LogP contribution in [0.25, 0.3) is 0 Å². The number of hydrogen-bond donors (Lipinski definition) is 0. The minimum Gasteiger partial charge on any atom is -0.473 e. The lowest BCUT2D eigenvalue weighted by Crippen LogP contribution is -2.00. The van der Waals surface area contributed by atoms with E-state index in [1.807, 2.05) is 0 Å². The second-order valence-electron chi connectivity index (χ2n) is 3.32. The highest BCUT2D eigenvalue weighted by molar-refractivity contribution is 6.30. The SMILES string of the molecule is Fc1cccc(OCc2ccc(Cl)cc2F)n1. The minimum atomic E-state index is -0.640. The summed E-state index contributed by atoms with van der Waals surface area (Å²) < 4.78 is 31.3. The van der Waals surface area contributed by atoms with Crippen molar-refractivity contribution in [2.24, 2.45) is 0 Å². The van der Waals surface area contributed by atoms with Gasteiger partial charge in [0.15, 0.2) is 0 Å². The van der Waals surface area contributed by atoms with E-state index in [1.165, 1.54) is 30.3 Å². The van der Waals surface area contributed by atoms with Gasteiger partial charge in [-0.15, -0.1) is 0 Å². The molecule has 0 saturated carbocycles. The number of halogens is 3. The van der Waals surface area contributed by atoms with Crippen molar-refractivity contribution < 1.29 is 13.5 Å². The molecular weight excluding hydrogens is 248 g/mol. The third-order valence-corrected chi connectivity index (χ3v) is 2.32. The summed E-state index contributed by atoms with van der Waals surface area (Å²) in [5.41, 5.74) is 0.334. The van der Waals surface area contributed by atoms with Crippen LogP contribution in [0.3, 0.4) is 0 Å².